The van der Waals surface area contributed by atoms with E-state index in [0.717, 1.165) is 22.5 Å². The van der Waals surface area contributed by atoms with Crippen LogP contribution in [0.15, 0.2) is 17.0 Å². The van der Waals surface area contributed by atoms with Crippen LogP contribution >= 0.6 is 0 Å². The third kappa shape index (κ3) is 2.34. The molecule has 3 rings (SSSR count). The average molecular weight is 320 g/mol. The predicted molar refractivity (Wildman–Crippen MR) is 83.0 cm³/mol. The Morgan fingerprint density at radius 3 is 2.27 bits per heavy atom. The van der Waals surface area contributed by atoms with Gasteiger partial charge in [-0.25, -0.2) is 8.42 Å². The molecule has 22 heavy (non-hydrogen) atoms. The molecule has 0 amide bonds. The molecule has 0 aliphatic carbocycles. The standard InChI is InChI=1S/C15H20N4O2S/c1-10-7-11(2)15(12(3)8-10)22(20,21)18-5-6-19-13(4)16-17-14(19)9-18/h7-8H,5-6,9H2,1-4H3. The second-order valence-electron chi connectivity index (χ2n) is 5.88. The van der Waals surface area contributed by atoms with Gasteiger partial charge in [0.2, 0.25) is 10.0 Å². The summed E-state index contributed by atoms with van der Waals surface area (Å²) in [5, 5.41) is 8.11. The topological polar surface area (TPSA) is 68.1 Å². The Bertz CT molecular complexity index is 816. The number of aromatic nitrogens is 3. The van der Waals surface area contributed by atoms with Crippen LogP contribution in [0.1, 0.15) is 28.3 Å². The van der Waals surface area contributed by atoms with E-state index in [1.165, 1.54) is 4.31 Å². The highest BCUT2D eigenvalue weighted by Gasteiger charge is 2.32. The molecule has 118 valence electrons. The summed E-state index contributed by atoms with van der Waals surface area (Å²) >= 11 is 0. The van der Waals surface area contributed by atoms with Crippen LogP contribution in [0.25, 0.3) is 0 Å². The Labute approximate surface area is 130 Å². The van der Waals surface area contributed by atoms with Crippen molar-refractivity contribution in [2.45, 2.75) is 45.7 Å². The van der Waals surface area contributed by atoms with E-state index in [1.807, 2.05) is 44.4 Å². The lowest BCUT2D eigenvalue weighted by Crippen LogP contribution is -2.39. The molecule has 6 nitrogen and oxygen atoms in total. The van der Waals surface area contributed by atoms with Crippen LogP contribution in [-0.4, -0.2) is 34.0 Å². The van der Waals surface area contributed by atoms with E-state index in [0.29, 0.717) is 23.8 Å². The van der Waals surface area contributed by atoms with Crippen LogP contribution in [0.3, 0.4) is 0 Å². The summed E-state index contributed by atoms with van der Waals surface area (Å²) in [6.07, 6.45) is 0. The maximum absolute atomic E-state index is 13.0. The first-order valence-corrected chi connectivity index (χ1v) is 8.71. The first-order valence-electron chi connectivity index (χ1n) is 7.27. The van der Waals surface area contributed by atoms with E-state index in [4.69, 9.17) is 0 Å². The number of rotatable bonds is 2. The van der Waals surface area contributed by atoms with Crippen LogP contribution in [-0.2, 0) is 23.1 Å². The van der Waals surface area contributed by atoms with Crippen molar-refractivity contribution in [3.63, 3.8) is 0 Å². The van der Waals surface area contributed by atoms with Gasteiger partial charge in [0, 0.05) is 13.1 Å². The van der Waals surface area contributed by atoms with Crippen LogP contribution in [0.5, 0.6) is 0 Å². The number of nitrogens with zero attached hydrogens (tertiary/aromatic N) is 4. The quantitative estimate of drug-likeness (QED) is 0.845. The molecule has 2 aromatic rings. The minimum atomic E-state index is -3.52. The summed E-state index contributed by atoms with van der Waals surface area (Å²) in [5.41, 5.74) is 2.66. The molecule has 0 spiro atoms. The number of hydrogen-bond acceptors (Lipinski definition) is 4. The van der Waals surface area contributed by atoms with Crippen LogP contribution in [0.2, 0.25) is 0 Å². The number of benzene rings is 1. The number of aryl methyl sites for hydroxylation is 4. The molecule has 1 aromatic carbocycles. The highest BCUT2D eigenvalue weighted by Crippen LogP contribution is 2.27. The van der Waals surface area contributed by atoms with Crippen molar-refractivity contribution < 1.29 is 8.42 Å². The van der Waals surface area contributed by atoms with Gasteiger partial charge in [0.1, 0.15) is 11.6 Å². The summed E-state index contributed by atoms with van der Waals surface area (Å²) < 4.78 is 29.5. The highest BCUT2D eigenvalue weighted by atomic mass is 32.2. The molecule has 0 fully saturated rings. The van der Waals surface area contributed by atoms with Crippen LogP contribution in [0, 0.1) is 27.7 Å². The Hall–Kier alpha value is -1.73. The summed E-state index contributed by atoms with van der Waals surface area (Å²) in [5.74, 6) is 1.53. The Balaban J connectivity index is 2.02. The highest BCUT2D eigenvalue weighted by molar-refractivity contribution is 7.89. The predicted octanol–water partition coefficient (Wildman–Crippen LogP) is 1.72. The third-order valence-corrected chi connectivity index (χ3v) is 6.26. The van der Waals surface area contributed by atoms with Gasteiger partial charge in [-0.15, -0.1) is 10.2 Å². The van der Waals surface area contributed by atoms with Gasteiger partial charge in [-0.2, -0.15) is 4.31 Å². The maximum Gasteiger partial charge on any atom is 0.244 e. The lowest BCUT2D eigenvalue weighted by Gasteiger charge is -2.28. The first-order chi connectivity index (χ1) is 10.3. The smallest absolute Gasteiger partial charge is 0.244 e. The summed E-state index contributed by atoms with van der Waals surface area (Å²) in [6, 6.07) is 3.83. The molecule has 0 saturated carbocycles. The molecule has 0 radical (unpaired) electrons. The number of sulfonamides is 1. The zero-order valence-corrected chi connectivity index (χ0v) is 14.1. The second-order valence-corrected chi connectivity index (χ2v) is 7.76. The molecule has 7 heteroatoms. The van der Waals surface area contributed by atoms with Crippen molar-refractivity contribution in [2.24, 2.45) is 0 Å². The van der Waals surface area contributed by atoms with Crippen molar-refractivity contribution in [1.29, 1.82) is 0 Å². The molecular weight excluding hydrogens is 300 g/mol. The van der Waals surface area contributed by atoms with Crippen molar-refractivity contribution in [3.8, 4) is 0 Å². The van der Waals surface area contributed by atoms with Gasteiger partial charge in [-0.1, -0.05) is 17.7 Å². The minimum Gasteiger partial charge on any atom is -0.313 e. The van der Waals surface area contributed by atoms with Gasteiger partial charge in [-0.05, 0) is 38.8 Å². The van der Waals surface area contributed by atoms with Gasteiger partial charge in [-0.3, -0.25) is 0 Å². The van der Waals surface area contributed by atoms with Crippen molar-refractivity contribution in [2.75, 3.05) is 6.54 Å². The van der Waals surface area contributed by atoms with Gasteiger partial charge < -0.3 is 4.57 Å². The van der Waals surface area contributed by atoms with E-state index in [-0.39, 0.29) is 6.54 Å². The Morgan fingerprint density at radius 2 is 1.64 bits per heavy atom. The summed E-state index contributed by atoms with van der Waals surface area (Å²) in [7, 11) is -3.52. The largest absolute Gasteiger partial charge is 0.313 e. The molecule has 0 N–H and O–H groups in total. The molecule has 1 aliphatic rings. The van der Waals surface area contributed by atoms with Crippen LogP contribution in [0.4, 0.5) is 0 Å². The summed E-state index contributed by atoms with van der Waals surface area (Å²) in [6.45, 7) is 8.87. The van der Waals surface area contributed by atoms with Crippen molar-refractivity contribution >= 4 is 10.0 Å². The fourth-order valence-corrected chi connectivity index (χ4v) is 4.99. The third-order valence-electron chi connectivity index (χ3n) is 4.11. The average Bonchev–Trinajstić information content (AvgIpc) is 2.78. The zero-order valence-electron chi connectivity index (χ0n) is 13.3. The van der Waals surface area contributed by atoms with Crippen LogP contribution < -0.4 is 0 Å². The number of fused-ring (bicyclic) bond motifs is 1. The molecule has 0 unspecified atom stereocenters. The fourth-order valence-electron chi connectivity index (χ4n) is 3.19. The molecule has 1 aliphatic heterocycles. The van der Waals surface area contributed by atoms with E-state index in [2.05, 4.69) is 10.2 Å². The van der Waals surface area contributed by atoms with E-state index < -0.39 is 10.0 Å². The SMILES string of the molecule is Cc1cc(C)c(S(=O)(=O)N2CCn3c(C)nnc3C2)c(C)c1. The van der Waals surface area contributed by atoms with E-state index in [1.54, 1.807) is 0 Å². The molecular formula is C15H20N4O2S. The lowest BCUT2D eigenvalue weighted by atomic mass is 10.1. The number of hydrogen-bond donors (Lipinski definition) is 0. The zero-order chi connectivity index (χ0) is 16.1. The van der Waals surface area contributed by atoms with Crippen molar-refractivity contribution in [3.05, 3.63) is 40.5 Å². The normalized spacial score (nSPS) is 15.8. The fraction of sp³-hybridized carbons (Fsp3) is 0.467. The van der Waals surface area contributed by atoms with Gasteiger partial charge >= 0.3 is 0 Å². The Morgan fingerprint density at radius 1 is 1.00 bits per heavy atom. The molecule has 0 saturated heterocycles. The van der Waals surface area contributed by atoms with Gasteiger partial charge in [0.15, 0.2) is 0 Å². The molecule has 1 aromatic heterocycles. The monoisotopic (exact) mass is 320 g/mol. The van der Waals surface area contributed by atoms with Gasteiger partial charge in [0.25, 0.3) is 0 Å². The van der Waals surface area contributed by atoms with E-state index >= 15 is 0 Å². The Kier molecular flexibility index (Phi) is 3.57. The van der Waals surface area contributed by atoms with Crippen molar-refractivity contribution in [1.82, 2.24) is 19.1 Å². The lowest BCUT2D eigenvalue weighted by molar-refractivity contribution is 0.333. The first kappa shape index (κ1) is 15.2. The maximum atomic E-state index is 13.0. The molecule has 0 atom stereocenters. The summed E-state index contributed by atoms with van der Waals surface area (Å²) in [4.78, 5) is 0.419. The molecule has 2 heterocycles. The van der Waals surface area contributed by atoms with E-state index in [9.17, 15) is 8.42 Å². The minimum absolute atomic E-state index is 0.274. The molecule has 0 bridgehead atoms. The second kappa shape index (κ2) is 5.17. The van der Waals surface area contributed by atoms with Gasteiger partial charge in [0.05, 0.1) is 11.4 Å².